The van der Waals surface area contributed by atoms with E-state index in [9.17, 15) is 9.59 Å². The van der Waals surface area contributed by atoms with E-state index in [1.54, 1.807) is 18.5 Å². The Morgan fingerprint density at radius 3 is 2.81 bits per heavy atom. The molecule has 116 valence electrons. The topological polar surface area (TPSA) is 110 Å². The minimum atomic E-state index is -0.935. The van der Waals surface area contributed by atoms with Crippen LogP contribution in [-0.4, -0.2) is 49.5 Å². The zero-order valence-corrected chi connectivity index (χ0v) is 12.9. The number of amides is 1. The molecule has 1 fully saturated rings. The highest BCUT2D eigenvalue weighted by Crippen LogP contribution is 2.36. The van der Waals surface area contributed by atoms with Gasteiger partial charge in [-0.1, -0.05) is 18.7 Å². The highest BCUT2D eigenvalue weighted by molar-refractivity contribution is 7.99. The molecule has 9 heteroatoms. The number of carbonyl (C=O) groups excluding carboxylic acids is 1. The highest BCUT2D eigenvalue weighted by atomic mass is 32.2. The number of aromatic nitrogens is 4. The third-order valence-electron chi connectivity index (χ3n) is 3.66. The van der Waals surface area contributed by atoms with Gasteiger partial charge < -0.3 is 10.4 Å². The first kappa shape index (κ1) is 15.7. The maximum Gasteiger partial charge on any atom is 0.311 e. The van der Waals surface area contributed by atoms with Gasteiger partial charge in [0.1, 0.15) is 0 Å². The van der Waals surface area contributed by atoms with Gasteiger partial charge in [0.15, 0.2) is 0 Å². The van der Waals surface area contributed by atoms with Crippen molar-refractivity contribution in [3.63, 3.8) is 0 Å². The summed E-state index contributed by atoms with van der Waals surface area (Å²) >= 11 is 1.26. The SMILES string of the molecule is CCC(C)(CNC(=O)CSc1nnnn1C1CC1)C(=O)O. The molecule has 1 aromatic rings. The minimum Gasteiger partial charge on any atom is -0.481 e. The van der Waals surface area contributed by atoms with Crippen LogP contribution >= 0.6 is 11.8 Å². The fourth-order valence-corrected chi connectivity index (χ4v) is 2.43. The van der Waals surface area contributed by atoms with Crippen LogP contribution in [-0.2, 0) is 9.59 Å². The van der Waals surface area contributed by atoms with Gasteiger partial charge in [0.2, 0.25) is 11.1 Å². The Bertz CT molecular complexity index is 531. The summed E-state index contributed by atoms with van der Waals surface area (Å²) in [6.07, 6.45) is 2.59. The van der Waals surface area contributed by atoms with Crippen LogP contribution in [0.1, 0.15) is 39.2 Å². The maximum absolute atomic E-state index is 11.8. The van der Waals surface area contributed by atoms with Gasteiger partial charge in [0.25, 0.3) is 0 Å². The van der Waals surface area contributed by atoms with Gasteiger partial charge in [-0.2, -0.15) is 0 Å². The van der Waals surface area contributed by atoms with E-state index in [4.69, 9.17) is 5.11 Å². The van der Waals surface area contributed by atoms with Crippen LogP contribution < -0.4 is 5.32 Å². The lowest BCUT2D eigenvalue weighted by Gasteiger charge is -2.23. The molecular formula is C12H19N5O3S. The molecule has 0 bridgehead atoms. The summed E-state index contributed by atoms with van der Waals surface area (Å²) in [7, 11) is 0. The van der Waals surface area contributed by atoms with Crippen LogP contribution in [0, 0.1) is 5.41 Å². The van der Waals surface area contributed by atoms with E-state index in [0.29, 0.717) is 17.6 Å². The van der Waals surface area contributed by atoms with E-state index in [-0.39, 0.29) is 18.2 Å². The quantitative estimate of drug-likeness (QED) is 0.680. The molecule has 2 rings (SSSR count). The number of carbonyl (C=O) groups is 2. The van der Waals surface area contributed by atoms with Crippen LogP contribution in [0.4, 0.5) is 0 Å². The number of thioether (sulfide) groups is 1. The second-order valence-electron chi connectivity index (χ2n) is 5.42. The number of carboxylic acid groups (broad SMARTS) is 1. The molecule has 1 amide bonds. The maximum atomic E-state index is 11.8. The number of rotatable bonds is 8. The van der Waals surface area contributed by atoms with E-state index in [0.717, 1.165) is 12.8 Å². The summed E-state index contributed by atoms with van der Waals surface area (Å²) in [5, 5.41) is 23.8. The second-order valence-corrected chi connectivity index (χ2v) is 6.36. The third-order valence-corrected chi connectivity index (χ3v) is 4.59. The summed E-state index contributed by atoms with van der Waals surface area (Å²) in [6, 6.07) is 0.362. The number of hydrogen-bond donors (Lipinski definition) is 2. The molecule has 1 aliphatic rings. The molecule has 1 aromatic heterocycles. The van der Waals surface area contributed by atoms with E-state index in [1.165, 1.54) is 11.8 Å². The third kappa shape index (κ3) is 3.93. The van der Waals surface area contributed by atoms with Crippen molar-refractivity contribution in [1.82, 2.24) is 25.5 Å². The number of hydrogen-bond acceptors (Lipinski definition) is 6. The molecule has 2 N–H and O–H groups in total. The lowest BCUT2D eigenvalue weighted by molar-refractivity contribution is -0.148. The standard InChI is InChI=1S/C12H19N5O3S/c1-3-12(2,10(19)20)7-13-9(18)6-21-11-14-15-16-17(11)8-4-5-8/h8H,3-7H2,1-2H3,(H,13,18)(H,19,20). The molecule has 1 unspecified atom stereocenters. The molecule has 1 heterocycles. The highest BCUT2D eigenvalue weighted by Gasteiger charge is 2.31. The predicted molar refractivity (Wildman–Crippen MR) is 75.9 cm³/mol. The Balaban J connectivity index is 1.79. The van der Waals surface area contributed by atoms with Gasteiger partial charge >= 0.3 is 5.97 Å². The summed E-state index contributed by atoms with van der Waals surface area (Å²) < 4.78 is 1.74. The first-order valence-corrected chi connectivity index (χ1v) is 7.85. The predicted octanol–water partition coefficient (Wildman–Crippen LogP) is 0.717. The number of carboxylic acids is 1. The molecule has 0 aliphatic heterocycles. The van der Waals surface area contributed by atoms with Crippen molar-refractivity contribution in [1.29, 1.82) is 0 Å². The molecule has 21 heavy (non-hydrogen) atoms. The fourth-order valence-electron chi connectivity index (χ4n) is 1.66. The van der Waals surface area contributed by atoms with Crippen LogP contribution in [0.5, 0.6) is 0 Å². The van der Waals surface area contributed by atoms with Gasteiger partial charge in [0, 0.05) is 6.54 Å². The summed E-state index contributed by atoms with van der Waals surface area (Å²) in [5.41, 5.74) is -0.935. The number of nitrogens with zero attached hydrogens (tertiary/aromatic N) is 4. The molecule has 0 aromatic carbocycles. The summed E-state index contributed by atoms with van der Waals surface area (Å²) in [4.78, 5) is 23.0. The minimum absolute atomic E-state index is 0.117. The van der Waals surface area contributed by atoms with Gasteiger partial charge in [-0.3, -0.25) is 9.59 Å². The van der Waals surface area contributed by atoms with Crippen molar-refractivity contribution >= 4 is 23.6 Å². The van der Waals surface area contributed by atoms with Crippen molar-refractivity contribution in [2.24, 2.45) is 5.41 Å². The lowest BCUT2D eigenvalue weighted by Crippen LogP contribution is -2.41. The Kier molecular flexibility index (Phi) is 4.81. The Morgan fingerprint density at radius 1 is 1.52 bits per heavy atom. The zero-order valence-electron chi connectivity index (χ0n) is 12.1. The van der Waals surface area contributed by atoms with Gasteiger partial charge in [-0.15, -0.1) is 5.10 Å². The van der Waals surface area contributed by atoms with E-state index < -0.39 is 11.4 Å². The number of nitrogens with one attached hydrogen (secondary N) is 1. The van der Waals surface area contributed by atoms with Crippen molar-refractivity contribution in [3.8, 4) is 0 Å². The van der Waals surface area contributed by atoms with Crippen LogP contribution in [0.3, 0.4) is 0 Å². The lowest BCUT2D eigenvalue weighted by atomic mass is 9.88. The Morgan fingerprint density at radius 2 is 2.24 bits per heavy atom. The largest absolute Gasteiger partial charge is 0.481 e. The average Bonchev–Trinajstić information content (AvgIpc) is 3.21. The average molecular weight is 313 g/mol. The van der Waals surface area contributed by atoms with Crippen LogP contribution in [0.25, 0.3) is 0 Å². The summed E-state index contributed by atoms with van der Waals surface area (Å²) in [5.74, 6) is -0.950. The molecule has 1 aliphatic carbocycles. The van der Waals surface area contributed by atoms with Crippen molar-refractivity contribution in [2.45, 2.75) is 44.3 Å². The molecule has 0 spiro atoms. The first-order valence-electron chi connectivity index (χ1n) is 6.87. The number of aliphatic carboxylic acids is 1. The normalized spacial score (nSPS) is 17.2. The second kappa shape index (κ2) is 6.42. The van der Waals surface area contributed by atoms with Crippen molar-refractivity contribution in [3.05, 3.63) is 0 Å². The molecule has 8 nitrogen and oxygen atoms in total. The smallest absolute Gasteiger partial charge is 0.311 e. The van der Waals surface area contributed by atoms with E-state index >= 15 is 0 Å². The molecular weight excluding hydrogens is 294 g/mol. The Labute approximate surface area is 126 Å². The summed E-state index contributed by atoms with van der Waals surface area (Å²) in [6.45, 7) is 3.53. The van der Waals surface area contributed by atoms with Crippen LogP contribution in [0.15, 0.2) is 5.16 Å². The fraction of sp³-hybridized carbons (Fsp3) is 0.750. The Hall–Kier alpha value is -1.64. The van der Waals surface area contributed by atoms with Crippen molar-refractivity contribution in [2.75, 3.05) is 12.3 Å². The van der Waals surface area contributed by atoms with E-state index in [2.05, 4.69) is 20.8 Å². The first-order chi connectivity index (χ1) is 9.96. The molecule has 1 atom stereocenters. The number of tetrazole rings is 1. The van der Waals surface area contributed by atoms with E-state index in [1.807, 2.05) is 0 Å². The van der Waals surface area contributed by atoms with Gasteiger partial charge in [-0.25, -0.2) is 4.68 Å². The monoisotopic (exact) mass is 313 g/mol. The molecule has 1 saturated carbocycles. The van der Waals surface area contributed by atoms with Gasteiger partial charge in [-0.05, 0) is 36.6 Å². The van der Waals surface area contributed by atoms with Gasteiger partial charge in [0.05, 0.1) is 17.2 Å². The molecule has 0 saturated heterocycles. The van der Waals surface area contributed by atoms with Crippen molar-refractivity contribution < 1.29 is 14.7 Å². The zero-order chi connectivity index (χ0) is 15.5. The van der Waals surface area contributed by atoms with Crippen LogP contribution in [0.2, 0.25) is 0 Å². The molecule has 0 radical (unpaired) electrons.